The fourth-order valence-corrected chi connectivity index (χ4v) is 2.94. The standard InChI is InChI=1S/C14H26N2O4S/c1-11(10-19-6)16(5)21(17,18)13-8-7-12(20-13)9-15-14(2,3)4/h7-8,11,15H,9-10H2,1-6H3. The summed E-state index contributed by atoms with van der Waals surface area (Å²) in [7, 11) is -0.570. The van der Waals surface area contributed by atoms with Gasteiger partial charge in [0.1, 0.15) is 5.76 Å². The minimum absolute atomic E-state index is 0.0429. The zero-order valence-electron chi connectivity index (χ0n) is 13.6. The molecule has 0 amide bonds. The summed E-state index contributed by atoms with van der Waals surface area (Å²) >= 11 is 0. The molecule has 1 atom stereocenters. The molecule has 0 radical (unpaired) electrons. The van der Waals surface area contributed by atoms with Gasteiger partial charge in [-0.1, -0.05) is 0 Å². The second-order valence-corrected chi connectivity index (χ2v) is 8.08. The van der Waals surface area contributed by atoms with Crippen molar-refractivity contribution in [3.05, 3.63) is 17.9 Å². The molecule has 0 saturated carbocycles. The van der Waals surface area contributed by atoms with Crippen molar-refractivity contribution in [2.24, 2.45) is 0 Å². The van der Waals surface area contributed by atoms with Crippen LogP contribution in [0, 0.1) is 0 Å². The van der Waals surface area contributed by atoms with Gasteiger partial charge in [0.05, 0.1) is 13.2 Å². The molecule has 1 N–H and O–H groups in total. The first-order valence-corrected chi connectivity index (χ1v) is 8.32. The predicted octanol–water partition coefficient (Wildman–Crippen LogP) is 1.82. The SMILES string of the molecule is COCC(C)N(C)S(=O)(=O)c1ccc(CNC(C)(C)C)o1. The third-order valence-corrected chi connectivity index (χ3v) is 4.94. The average molecular weight is 318 g/mol. The van der Waals surface area contributed by atoms with Crippen LogP contribution in [0.15, 0.2) is 21.6 Å². The second-order valence-electron chi connectivity index (χ2n) is 6.15. The molecule has 1 heterocycles. The highest BCUT2D eigenvalue weighted by Crippen LogP contribution is 2.20. The van der Waals surface area contributed by atoms with E-state index < -0.39 is 10.0 Å². The highest BCUT2D eigenvalue weighted by Gasteiger charge is 2.28. The molecular weight excluding hydrogens is 292 g/mol. The van der Waals surface area contributed by atoms with Crippen molar-refractivity contribution in [2.45, 2.75) is 50.9 Å². The maximum absolute atomic E-state index is 12.4. The van der Waals surface area contributed by atoms with Gasteiger partial charge in [-0.3, -0.25) is 0 Å². The topological polar surface area (TPSA) is 71.8 Å². The molecule has 0 spiro atoms. The van der Waals surface area contributed by atoms with E-state index in [0.717, 1.165) is 0 Å². The van der Waals surface area contributed by atoms with Gasteiger partial charge < -0.3 is 14.5 Å². The lowest BCUT2D eigenvalue weighted by atomic mass is 10.1. The second kappa shape index (κ2) is 6.91. The van der Waals surface area contributed by atoms with E-state index in [1.165, 1.54) is 17.4 Å². The van der Waals surface area contributed by atoms with E-state index in [0.29, 0.717) is 18.9 Å². The van der Waals surface area contributed by atoms with Crippen LogP contribution >= 0.6 is 0 Å². The summed E-state index contributed by atoms with van der Waals surface area (Å²) < 4.78 is 36.5. The fraction of sp³-hybridized carbons (Fsp3) is 0.714. The number of hydrogen-bond acceptors (Lipinski definition) is 5. The first kappa shape index (κ1) is 18.2. The zero-order valence-corrected chi connectivity index (χ0v) is 14.5. The summed E-state index contributed by atoms with van der Waals surface area (Å²) in [6.07, 6.45) is 0. The molecule has 21 heavy (non-hydrogen) atoms. The third kappa shape index (κ3) is 5.10. The van der Waals surface area contributed by atoms with Crippen molar-refractivity contribution in [3.8, 4) is 0 Å². The normalized spacial score (nSPS) is 14.6. The molecule has 1 rings (SSSR count). The van der Waals surface area contributed by atoms with Crippen molar-refractivity contribution < 1.29 is 17.6 Å². The lowest BCUT2D eigenvalue weighted by Crippen LogP contribution is -2.37. The van der Waals surface area contributed by atoms with E-state index in [4.69, 9.17) is 9.15 Å². The van der Waals surface area contributed by atoms with Crippen LogP contribution in [0.4, 0.5) is 0 Å². The van der Waals surface area contributed by atoms with Crippen LogP contribution in [0.3, 0.4) is 0 Å². The predicted molar refractivity (Wildman–Crippen MR) is 81.6 cm³/mol. The van der Waals surface area contributed by atoms with Gasteiger partial charge in [-0.05, 0) is 39.8 Å². The molecule has 0 aromatic carbocycles. The molecule has 0 bridgehead atoms. The van der Waals surface area contributed by atoms with Gasteiger partial charge in [0.25, 0.3) is 10.0 Å². The number of nitrogens with zero attached hydrogens (tertiary/aromatic N) is 1. The number of nitrogens with one attached hydrogen (secondary N) is 1. The molecule has 122 valence electrons. The van der Waals surface area contributed by atoms with E-state index in [1.807, 2.05) is 20.8 Å². The molecule has 6 nitrogen and oxygen atoms in total. The van der Waals surface area contributed by atoms with Gasteiger partial charge >= 0.3 is 0 Å². The summed E-state index contributed by atoms with van der Waals surface area (Å²) in [6, 6.07) is 2.91. The minimum atomic E-state index is -3.63. The van der Waals surface area contributed by atoms with Crippen LogP contribution in [0.1, 0.15) is 33.5 Å². The highest BCUT2D eigenvalue weighted by molar-refractivity contribution is 7.89. The van der Waals surface area contributed by atoms with Crippen LogP contribution in [-0.2, 0) is 21.3 Å². The van der Waals surface area contributed by atoms with Crippen molar-refractivity contribution in [1.82, 2.24) is 9.62 Å². The van der Waals surface area contributed by atoms with Crippen molar-refractivity contribution in [1.29, 1.82) is 0 Å². The maximum atomic E-state index is 12.4. The van der Waals surface area contributed by atoms with E-state index >= 15 is 0 Å². The quantitative estimate of drug-likeness (QED) is 0.830. The maximum Gasteiger partial charge on any atom is 0.276 e. The largest absolute Gasteiger partial charge is 0.447 e. The minimum Gasteiger partial charge on any atom is -0.447 e. The Morgan fingerprint density at radius 1 is 1.38 bits per heavy atom. The Morgan fingerprint density at radius 3 is 2.52 bits per heavy atom. The molecule has 0 aliphatic rings. The Balaban J connectivity index is 2.83. The van der Waals surface area contributed by atoms with Crippen molar-refractivity contribution in [3.63, 3.8) is 0 Å². The first-order valence-electron chi connectivity index (χ1n) is 6.88. The van der Waals surface area contributed by atoms with E-state index in [1.54, 1.807) is 20.1 Å². The summed E-state index contributed by atoms with van der Waals surface area (Å²) in [6.45, 7) is 8.70. The lowest BCUT2D eigenvalue weighted by molar-refractivity contribution is 0.148. The molecule has 0 aliphatic carbocycles. The molecular formula is C14H26N2O4S. The molecule has 0 aliphatic heterocycles. The van der Waals surface area contributed by atoms with Crippen LogP contribution in [0.5, 0.6) is 0 Å². The van der Waals surface area contributed by atoms with Crippen molar-refractivity contribution >= 4 is 10.0 Å². The number of sulfonamides is 1. The van der Waals surface area contributed by atoms with Gasteiger partial charge in [0, 0.05) is 25.7 Å². The molecule has 0 fully saturated rings. The monoisotopic (exact) mass is 318 g/mol. The number of methoxy groups -OCH3 is 1. The highest BCUT2D eigenvalue weighted by atomic mass is 32.2. The van der Waals surface area contributed by atoms with Crippen LogP contribution < -0.4 is 5.32 Å². The van der Waals surface area contributed by atoms with Gasteiger partial charge in [0.2, 0.25) is 5.09 Å². The van der Waals surface area contributed by atoms with Crippen LogP contribution in [-0.4, -0.2) is 45.1 Å². The number of rotatable bonds is 7. The number of ether oxygens (including phenoxy) is 1. The summed E-state index contributed by atoms with van der Waals surface area (Å²) in [5, 5.41) is 3.21. The van der Waals surface area contributed by atoms with E-state index in [-0.39, 0.29) is 16.7 Å². The third-order valence-electron chi connectivity index (χ3n) is 3.09. The first-order chi connectivity index (χ1) is 9.58. The summed E-state index contributed by atoms with van der Waals surface area (Å²) in [5.41, 5.74) is -0.0599. The van der Waals surface area contributed by atoms with Gasteiger partial charge in [-0.2, -0.15) is 4.31 Å². The molecule has 0 saturated heterocycles. The Bertz CT molecular complexity index is 546. The fourth-order valence-electron chi connectivity index (χ4n) is 1.67. The molecule has 1 aromatic heterocycles. The summed E-state index contributed by atoms with van der Waals surface area (Å²) in [4.78, 5) is 0. The summed E-state index contributed by atoms with van der Waals surface area (Å²) in [5.74, 6) is 0.594. The van der Waals surface area contributed by atoms with E-state index in [9.17, 15) is 8.42 Å². The smallest absolute Gasteiger partial charge is 0.276 e. The molecule has 1 unspecified atom stereocenters. The lowest BCUT2D eigenvalue weighted by Gasteiger charge is -2.22. The molecule has 7 heteroatoms. The number of hydrogen-bond donors (Lipinski definition) is 1. The average Bonchev–Trinajstić information content (AvgIpc) is 2.84. The van der Waals surface area contributed by atoms with Crippen LogP contribution in [0.25, 0.3) is 0 Å². The number of likely N-dealkylation sites (N-methyl/N-ethyl adjacent to an activating group) is 1. The Labute approximate surface area is 127 Å². The number of furan rings is 1. The Kier molecular flexibility index (Phi) is 5.98. The molecule has 1 aromatic rings. The Hall–Kier alpha value is -0.890. The van der Waals surface area contributed by atoms with E-state index in [2.05, 4.69) is 5.32 Å². The van der Waals surface area contributed by atoms with Crippen LogP contribution in [0.2, 0.25) is 0 Å². The zero-order chi connectivity index (χ0) is 16.3. The Morgan fingerprint density at radius 2 is 2.00 bits per heavy atom. The van der Waals surface area contributed by atoms with Gasteiger partial charge in [-0.25, -0.2) is 8.42 Å². The van der Waals surface area contributed by atoms with Gasteiger partial charge in [0.15, 0.2) is 0 Å². The van der Waals surface area contributed by atoms with Crippen molar-refractivity contribution in [2.75, 3.05) is 20.8 Å². The van der Waals surface area contributed by atoms with Gasteiger partial charge in [-0.15, -0.1) is 0 Å².